The minimum absolute atomic E-state index is 0.172. The molecule has 0 aromatic heterocycles. The summed E-state index contributed by atoms with van der Waals surface area (Å²) in [5.74, 6) is -0.264. The Bertz CT molecular complexity index is 675. The number of ether oxygens (including phenoxy) is 2. The Hall–Kier alpha value is -2.14. The Kier molecular flexibility index (Phi) is 3.51. The predicted molar refractivity (Wildman–Crippen MR) is 74.3 cm³/mol. The molecule has 110 valence electrons. The molecule has 0 radical (unpaired) electrons. The minimum Gasteiger partial charge on any atom is -0.494 e. The summed E-state index contributed by atoms with van der Waals surface area (Å²) >= 11 is 0. The van der Waals surface area contributed by atoms with Crippen LogP contribution in [-0.4, -0.2) is 7.11 Å². The minimum atomic E-state index is -0.461. The van der Waals surface area contributed by atoms with Crippen LogP contribution in [0.25, 0.3) is 0 Å². The second-order valence-electron chi connectivity index (χ2n) is 5.02. The molecule has 0 spiro atoms. The molecule has 2 atom stereocenters. The van der Waals surface area contributed by atoms with Crippen LogP contribution in [0.15, 0.2) is 36.4 Å². The van der Waals surface area contributed by atoms with Gasteiger partial charge in [0, 0.05) is 24.1 Å². The molecule has 1 aliphatic heterocycles. The molecule has 1 heterocycles. The Morgan fingerprint density at radius 1 is 1.19 bits per heavy atom. The molecule has 2 aromatic carbocycles. The average Bonchev–Trinajstić information content (AvgIpc) is 2.46. The number of rotatable bonds is 2. The first kappa shape index (κ1) is 13.8. The van der Waals surface area contributed by atoms with Crippen LogP contribution >= 0.6 is 0 Å². The second-order valence-corrected chi connectivity index (χ2v) is 5.02. The van der Waals surface area contributed by atoms with Crippen LogP contribution in [0.2, 0.25) is 0 Å². The highest BCUT2D eigenvalue weighted by Crippen LogP contribution is 2.40. The number of hydrogen-bond acceptors (Lipinski definition) is 3. The smallest absolute Gasteiger partial charge is 0.165 e. The maximum absolute atomic E-state index is 13.8. The van der Waals surface area contributed by atoms with E-state index in [4.69, 9.17) is 15.2 Å². The highest BCUT2D eigenvalue weighted by molar-refractivity contribution is 5.40. The zero-order valence-corrected chi connectivity index (χ0v) is 11.5. The number of methoxy groups -OCH3 is 1. The van der Waals surface area contributed by atoms with E-state index in [1.54, 1.807) is 18.2 Å². The van der Waals surface area contributed by atoms with Crippen molar-refractivity contribution in [2.45, 2.75) is 18.6 Å². The van der Waals surface area contributed by atoms with E-state index in [0.717, 1.165) is 5.56 Å². The highest BCUT2D eigenvalue weighted by atomic mass is 19.1. The summed E-state index contributed by atoms with van der Waals surface area (Å²) in [4.78, 5) is 0. The van der Waals surface area contributed by atoms with Gasteiger partial charge in [-0.2, -0.15) is 0 Å². The fourth-order valence-corrected chi connectivity index (χ4v) is 2.56. The number of fused-ring (bicyclic) bond motifs is 1. The molecule has 2 aromatic rings. The lowest BCUT2D eigenvalue weighted by molar-refractivity contribution is 0.160. The Balaban J connectivity index is 1.93. The zero-order valence-electron chi connectivity index (χ0n) is 11.5. The van der Waals surface area contributed by atoms with Gasteiger partial charge in [0.25, 0.3) is 0 Å². The van der Waals surface area contributed by atoms with Gasteiger partial charge in [-0.15, -0.1) is 0 Å². The Morgan fingerprint density at radius 3 is 2.71 bits per heavy atom. The topological polar surface area (TPSA) is 44.5 Å². The first-order valence-corrected chi connectivity index (χ1v) is 6.63. The van der Waals surface area contributed by atoms with Crippen LogP contribution in [0, 0.1) is 11.6 Å². The number of benzene rings is 2. The number of nitrogens with two attached hydrogens (primary N) is 1. The summed E-state index contributed by atoms with van der Waals surface area (Å²) in [6.45, 7) is 0. The number of halogens is 2. The van der Waals surface area contributed by atoms with Crippen molar-refractivity contribution < 1.29 is 18.3 Å². The molecule has 5 heteroatoms. The van der Waals surface area contributed by atoms with Gasteiger partial charge in [-0.3, -0.25) is 0 Å². The van der Waals surface area contributed by atoms with E-state index in [0.29, 0.717) is 17.7 Å². The molecule has 0 saturated carbocycles. The summed E-state index contributed by atoms with van der Waals surface area (Å²) in [6, 6.07) is 8.64. The first-order chi connectivity index (χ1) is 10.1. The molecule has 0 fully saturated rings. The molecule has 0 saturated heterocycles. The molecule has 3 nitrogen and oxygen atoms in total. The van der Waals surface area contributed by atoms with Gasteiger partial charge in [-0.1, -0.05) is 12.1 Å². The lowest BCUT2D eigenvalue weighted by Crippen LogP contribution is -2.24. The van der Waals surface area contributed by atoms with Crippen molar-refractivity contribution in [2.24, 2.45) is 5.73 Å². The normalized spacial score (nSPS) is 20.6. The highest BCUT2D eigenvalue weighted by Gasteiger charge is 2.28. The maximum Gasteiger partial charge on any atom is 0.165 e. The van der Waals surface area contributed by atoms with E-state index in [9.17, 15) is 8.78 Å². The largest absolute Gasteiger partial charge is 0.494 e. The van der Waals surface area contributed by atoms with Gasteiger partial charge >= 0.3 is 0 Å². The molecule has 1 aliphatic rings. The van der Waals surface area contributed by atoms with Gasteiger partial charge in [-0.25, -0.2) is 8.78 Å². The fourth-order valence-electron chi connectivity index (χ4n) is 2.56. The molecule has 2 N–H and O–H groups in total. The summed E-state index contributed by atoms with van der Waals surface area (Å²) < 4.78 is 37.8. The van der Waals surface area contributed by atoms with Crippen LogP contribution in [0.5, 0.6) is 11.5 Å². The molecular weight excluding hydrogens is 276 g/mol. The summed E-state index contributed by atoms with van der Waals surface area (Å²) in [7, 11) is 1.41. The van der Waals surface area contributed by atoms with Gasteiger partial charge in [0.15, 0.2) is 11.6 Å². The van der Waals surface area contributed by atoms with Gasteiger partial charge in [0.05, 0.1) is 7.11 Å². The van der Waals surface area contributed by atoms with E-state index >= 15 is 0 Å². The van der Waals surface area contributed by atoms with Gasteiger partial charge in [-0.05, 0) is 23.8 Å². The summed E-state index contributed by atoms with van der Waals surface area (Å²) in [5, 5.41) is 0. The lowest BCUT2D eigenvalue weighted by Gasteiger charge is -2.30. The van der Waals surface area contributed by atoms with E-state index in [1.165, 1.54) is 25.3 Å². The zero-order chi connectivity index (χ0) is 15.0. The van der Waals surface area contributed by atoms with Crippen molar-refractivity contribution in [3.8, 4) is 11.5 Å². The molecule has 0 amide bonds. The lowest BCUT2D eigenvalue weighted by atomic mass is 9.93. The van der Waals surface area contributed by atoms with E-state index in [2.05, 4.69) is 0 Å². The van der Waals surface area contributed by atoms with E-state index in [1.807, 2.05) is 0 Å². The molecule has 21 heavy (non-hydrogen) atoms. The van der Waals surface area contributed by atoms with Gasteiger partial charge in [0.2, 0.25) is 0 Å². The molecule has 0 aliphatic carbocycles. The molecular formula is C16H15F2NO2. The van der Waals surface area contributed by atoms with Crippen molar-refractivity contribution in [2.75, 3.05) is 7.11 Å². The van der Waals surface area contributed by atoms with Crippen LogP contribution in [0.4, 0.5) is 8.78 Å². The SMILES string of the molecule is COc1ccc(C2C[C@@H](N)c3ccc(F)cc3O2)cc1F. The third-order valence-electron chi connectivity index (χ3n) is 3.66. The standard InChI is InChI=1S/C16H15F2NO2/c1-20-14-5-2-9(6-12(14)18)15-8-13(19)11-4-3-10(17)7-16(11)21-15/h2-7,13,15H,8,19H2,1H3/t13-,15?/m1/s1. The quantitative estimate of drug-likeness (QED) is 0.921. The molecule has 3 rings (SSSR count). The van der Waals surface area contributed by atoms with Gasteiger partial charge in [0.1, 0.15) is 17.7 Å². The van der Waals surface area contributed by atoms with Crippen LogP contribution in [0.3, 0.4) is 0 Å². The van der Waals surface area contributed by atoms with Crippen molar-refractivity contribution in [1.29, 1.82) is 0 Å². The van der Waals surface area contributed by atoms with E-state index in [-0.39, 0.29) is 17.6 Å². The van der Waals surface area contributed by atoms with Crippen LogP contribution in [0.1, 0.15) is 29.7 Å². The van der Waals surface area contributed by atoms with Crippen molar-refractivity contribution >= 4 is 0 Å². The third-order valence-corrected chi connectivity index (χ3v) is 3.66. The van der Waals surface area contributed by atoms with Gasteiger partial charge < -0.3 is 15.2 Å². The van der Waals surface area contributed by atoms with Crippen molar-refractivity contribution in [1.82, 2.24) is 0 Å². The Morgan fingerprint density at radius 2 is 2.00 bits per heavy atom. The van der Waals surface area contributed by atoms with E-state index < -0.39 is 11.9 Å². The summed E-state index contributed by atoms with van der Waals surface area (Å²) in [5.41, 5.74) is 7.51. The monoisotopic (exact) mass is 291 g/mol. The second kappa shape index (κ2) is 5.33. The number of hydrogen-bond donors (Lipinski definition) is 1. The Labute approximate surface area is 121 Å². The van der Waals surface area contributed by atoms with Crippen molar-refractivity contribution in [3.05, 3.63) is 59.2 Å². The fraction of sp³-hybridized carbons (Fsp3) is 0.250. The third kappa shape index (κ3) is 2.56. The van der Waals surface area contributed by atoms with Crippen LogP contribution < -0.4 is 15.2 Å². The van der Waals surface area contributed by atoms with Crippen LogP contribution in [-0.2, 0) is 0 Å². The molecule has 1 unspecified atom stereocenters. The predicted octanol–water partition coefficient (Wildman–Crippen LogP) is 3.50. The molecule has 0 bridgehead atoms. The van der Waals surface area contributed by atoms with Crippen molar-refractivity contribution in [3.63, 3.8) is 0 Å². The summed E-state index contributed by atoms with van der Waals surface area (Å²) in [6.07, 6.45) is 0.0967. The maximum atomic E-state index is 13.8. The average molecular weight is 291 g/mol. The first-order valence-electron chi connectivity index (χ1n) is 6.63.